The molecule has 2 amide bonds. The van der Waals surface area contributed by atoms with Crippen LogP contribution in [0.4, 0.5) is 5.69 Å². The van der Waals surface area contributed by atoms with E-state index in [-0.39, 0.29) is 17.1 Å². The van der Waals surface area contributed by atoms with Crippen LogP contribution >= 0.6 is 15.9 Å². The van der Waals surface area contributed by atoms with Gasteiger partial charge in [0.15, 0.2) is 11.5 Å². The highest BCUT2D eigenvalue weighted by atomic mass is 79.9. The number of amides is 2. The minimum Gasteiger partial charge on any atom is -0.493 e. The second kappa shape index (κ2) is 9.07. The number of hydrazine groups is 1. The number of hydrogen-bond donors (Lipinski definition) is 1. The number of nitrogens with one attached hydrogen (secondary N) is 1. The molecular formula is C24H17BrN2O5. The Labute approximate surface area is 192 Å². The highest BCUT2D eigenvalue weighted by Gasteiger charge is 2.34. The first kappa shape index (κ1) is 21.3. The van der Waals surface area contributed by atoms with Crippen molar-refractivity contribution in [1.29, 1.82) is 0 Å². The normalized spacial score (nSPS) is 14.4. The standard InChI is InChI=1S/C24H17BrN2O5/c1-31-21-14-15(7-12-20(21)32-24(30)16-8-10-17(25)11-9-16)13-19-22(28)26-27(23(19)29)18-5-3-2-4-6-18/h2-14H,1H3,(H,26,28). The zero-order chi connectivity index (χ0) is 22.7. The third-order valence-electron chi connectivity index (χ3n) is 4.69. The largest absolute Gasteiger partial charge is 0.493 e. The molecule has 1 aliphatic rings. The van der Waals surface area contributed by atoms with E-state index in [1.54, 1.807) is 66.7 Å². The van der Waals surface area contributed by atoms with Gasteiger partial charge in [-0.05, 0) is 60.2 Å². The van der Waals surface area contributed by atoms with Crippen LogP contribution in [0, 0.1) is 0 Å². The number of carbonyl (C=O) groups excluding carboxylic acids is 3. The van der Waals surface area contributed by atoms with Crippen LogP contribution in [0.25, 0.3) is 6.08 Å². The summed E-state index contributed by atoms with van der Waals surface area (Å²) < 4.78 is 11.6. The number of carbonyl (C=O) groups is 3. The maximum Gasteiger partial charge on any atom is 0.343 e. The topological polar surface area (TPSA) is 84.9 Å². The molecule has 0 spiro atoms. The SMILES string of the molecule is COc1cc(C=C2C(=O)NN(c3ccccc3)C2=O)ccc1OC(=O)c1ccc(Br)cc1. The first-order chi connectivity index (χ1) is 15.5. The van der Waals surface area contributed by atoms with Crippen molar-refractivity contribution in [2.75, 3.05) is 12.1 Å². The molecule has 0 saturated carbocycles. The van der Waals surface area contributed by atoms with Crippen molar-refractivity contribution in [2.45, 2.75) is 0 Å². The van der Waals surface area contributed by atoms with Gasteiger partial charge in [0.25, 0.3) is 11.8 Å². The Bertz CT molecular complexity index is 1220. The van der Waals surface area contributed by atoms with Crippen LogP contribution in [0.5, 0.6) is 11.5 Å². The number of ether oxygens (including phenoxy) is 2. The van der Waals surface area contributed by atoms with E-state index >= 15 is 0 Å². The maximum absolute atomic E-state index is 12.7. The number of rotatable bonds is 5. The Hall–Kier alpha value is -3.91. The number of anilines is 1. The predicted octanol–water partition coefficient (Wildman–Crippen LogP) is 4.14. The third kappa shape index (κ3) is 4.40. The van der Waals surface area contributed by atoms with Crippen LogP contribution in [-0.2, 0) is 9.59 Å². The maximum atomic E-state index is 12.7. The Balaban J connectivity index is 1.56. The lowest BCUT2D eigenvalue weighted by atomic mass is 10.1. The van der Waals surface area contributed by atoms with Gasteiger partial charge in [0.2, 0.25) is 0 Å². The van der Waals surface area contributed by atoms with E-state index in [1.165, 1.54) is 18.2 Å². The highest BCUT2D eigenvalue weighted by molar-refractivity contribution is 9.10. The van der Waals surface area contributed by atoms with Crippen molar-refractivity contribution < 1.29 is 23.9 Å². The molecular weight excluding hydrogens is 476 g/mol. The number of para-hydroxylation sites is 1. The van der Waals surface area contributed by atoms with Gasteiger partial charge in [-0.1, -0.05) is 40.2 Å². The molecule has 0 unspecified atom stereocenters. The van der Waals surface area contributed by atoms with Gasteiger partial charge in [-0.3, -0.25) is 15.0 Å². The monoisotopic (exact) mass is 492 g/mol. The molecule has 0 aliphatic carbocycles. The van der Waals surface area contributed by atoms with Crippen LogP contribution in [0.1, 0.15) is 15.9 Å². The predicted molar refractivity (Wildman–Crippen MR) is 122 cm³/mol. The quantitative estimate of drug-likeness (QED) is 0.250. The van der Waals surface area contributed by atoms with Gasteiger partial charge in [0.05, 0.1) is 18.4 Å². The summed E-state index contributed by atoms with van der Waals surface area (Å²) in [6, 6.07) is 20.3. The first-order valence-corrected chi connectivity index (χ1v) is 10.3. The Morgan fingerprint density at radius 3 is 2.38 bits per heavy atom. The van der Waals surface area contributed by atoms with E-state index in [9.17, 15) is 14.4 Å². The summed E-state index contributed by atoms with van der Waals surface area (Å²) in [6.07, 6.45) is 1.46. The van der Waals surface area contributed by atoms with Crippen molar-refractivity contribution in [3.8, 4) is 11.5 Å². The van der Waals surface area contributed by atoms with E-state index in [0.717, 1.165) is 4.47 Å². The fourth-order valence-corrected chi connectivity index (χ4v) is 3.35. The minimum absolute atomic E-state index is 0.0180. The summed E-state index contributed by atoms with van der Waals surface area (Å²) >= 11 is 3.32. The average molecular weight is 493 g/mol. The van der Waals surface area contributed by atoms with Crippen LogP contribution in [0.3, 0.4) is 0 Å². The Morgan fingerprint density at radius 1 is 0.969 bits per heavy atom. The molecule has 8 heteroatoms. The molecule has 1 N–H and O–H groups in total. The molecule has 0 atom stereocenters. The summed E-state index contributed by atoms with van der Waals surface area (Å²) in [5.74, 6) is -1.01. The van der Waals surface area contributed by atoms with Crippen molar-refractivity contribution in [1.82, 2.24) is 5.43 Å². The van der Waals surface area contributed by atoms with Crippen molar-refractivity contribution in [3.63, 3.8) is 0 Å². The van der Waals surface area contributed by atoms with E-state index in [2.05, 4.69) is 21.4 Å². The zero-order valence-corrected chi connectivity index (χ0v) is 18.5. The minimum atomic E-state index is -0.536. The van der Waals surface area contributed by atoms with Gasteiger partial charge in [0, 0.05) is 4.47 Å². The highest BCUT2D eigenvalue weighted by Crippen LogP contribution is 2.30. The van der Waals surface area contributed by atoms with Crippen LogP contribution in [0.2, 0.25) is 0 Å². The summed E-state index contributed by atoms with van der Waals surface area (Å²) in [5, 5.41) is 1.19. The molecule has 1 heterocycles. The lowest BCUT2D eigenvalue weighted by Crippen LogP contribution is -2.35. The number of benzene rings is 3. The van der Waals surface area contributed by atoms with Crippen molar-refractivity contribution >= 4 is 45.5 Å². The lowest BCUT2D eigenvalue weighted by Gasteiger charge is -2.13. The number of nitrogens with zero attached hydrogens (tertiary/aromatic N) is 1. The van der Waals surface area contributed by atoms with E-state index in [4.69, 9.17) is 9.47 Å². The van der Waals surface area contributed by atoms with Gasteiger partial charge < -0.3 is 9.47 Å². The van der Waals surface area contributed by atoms with Crippen LogP contribution < -0.4 is 19.9 Å². The van der Waals surface area contributed by atoms with E-state index < -0.39 is 17.8 Å². The summed E-state index contributed by atoms with van der Waals surface area (Å²) in [4.78, 5) is 37.5. The number of halogens is 1. The van der Waals surface area contributed by atoms with Gasteiger partial charge >= 0.3 is 5.97 Å². The number of esters is 1. The summed E-state index contributed by atoms with van der Waals surface area (Å²) in [7, 11) is 1.44. The average Bonchev–Trinajstić information content (AvgIpc) is 3.09. The summed E-state index contributed by atoms with van der Waals surface area (Å²) in [5.41, 5.74) is 4.02. The Kier molecular flexibility index (Phi) is 6.04. The molecule has 7 nitrogen and oxygen atoms in total. The molecule has 1 fully saturated rings. The van der Waals surface area contributed by atoms with Crippen LogP contribution in [0.15, 0.2) is 82.8 Å². The van der Waals surface area contributed by atoms with Crippen molar-refractivity contribution in [2.24, 2.45) is 0 Å². The zero-order valence-electron chi connectivity index (χ0n) is 16.9. The second-order valence-electron chi connectivity index (χ2n) is 6.78. The smallest absolute Gasteiger partial charge is 0.343 e. The molecule has 4 rings (SSSR count). The summed E-state index contributed by atoms with van der Waals surface area (Å²) in [6.45, 7) is 0. The van der Waals surface area contributed by atoms with E-state index in [0.29, 0.717) is 16.8 Å². The number of methoxy groups -OCH3 is 1. The first-order valence-electron chi connectivity index (χ1n) is 9.54. The van der Waals surface area contributed by atoms with Crippen molar-refractivity contribution in [3.05, 3.63) is 94.0 Å². The number of hydrogen-bond acceptors (Lipinski definition) is 5. The lowest BCUT2D eigenvalue weighted by molar-refractivity contribution is -0.117. The third-order valence-corrected chi connectivity index (χ3v) is 5.22. The molecule has 160 valence electrons. The molecule has 32 heavy (non-hydrogen) atoms. The van der Waals surface area contributed by atoms with E-state index in [1.807, 2.05) is 6.07 Å². The van der Waals surface area contributed by atoms with Gasteiger partial charge in [-0.25, -0.2) is 9.80 Å². The van der Waals surface area contributed by atoms with Gasteiger partial charge in [0.1, 0.15) is 5.57 Å². The second-order valence-corrected chi connectivity index (χ2v) is 7.70. The fraction of sp³-hybridized carbons (Fsp3) is 0.0417. The molecule has 0 aromatic heterocycles. The van der Waals surface area contributed by atoms with Gasteiger partial charge in [-0.2, -0.15) is 0 Å². The molecule has 0 radical (unpaired) electrons. The molecule has 0 bridgehead atoms. The molecule has 3 aromatic rings. The van der Waals surface area contributed by atoms with Crippen LogP contribution in [-0.4, -0.2) is 24.9 Å². The molecule has 1 aliphatic heterocycles. The molecule has 1 saturated heterocycles. The fourth-order valence-electron chi connectivity index (χ4n) is 3.09. The Morgan fingerprint density at radius 2 is 1.69 bits per heavy atom. The molecule has 3 aromatic carbocycles. The van der Waals surface area contributed by atoms with Gasteiger partial charge in [-0.15, -0.1) is 0 Å².